The maximum absolute atomic E-state index is 11.8. The molecule has 0 aliphatic heterocycles. The van der Waals surface area contributed by atoms with Crippen LogP contribution >= 0.6 is 23.2 Å². The molecule has 28 heavy (non-hydrogen) atoms. The van der Waals surface area contributed by atoms with Crippen molar-refractivity contribution in [1.82, 2.24) is 0 Å². The highest BCUT2D eigenvalue weighted by Crippen LogP contribution is 2.23. The van der Waals surface area contributed by atoms with Gasteiger partial charge in [-0.25, -0.2) is 0 Å². The van der Waals surface area contributed by atoms with Crippen molar-refractivity contribution < 1.29 is 36.0 Å². The maximum atomic E-state index is 11.8. The van der Waals surface area contributed by atoms with E-state index in [1.807, 2.05) is 0 Å². The van der Waals surface area contributed by atoms with Crippen LogP contribution < -0.4 is 9.84 Å². The smallest absolute Gasteiger partial charge is 0.573 e. The molecular weight excluding hydrogens is 446 g/mol. The highest BCUT2D eigenvalue weighted by molar-refractivity contribution is 7.88. The number of halogens is 5. The van der Waals surface area contributed by atoms with Gasteiger partial charge in [0, 0.05) is 10.6 Å². The molecule has 0 atom stereocenters. The van der Waals surface area contributed by atoms with Gasteiger partial charge in [0.25, 0.3) is 10.1 Å². The van der Waals surface area contributed by atoms with Crippen molar-refractivity contribution in [2.45, 2.75) is 6.36 Å². The quantitative estimate of drug-likeness (QED) is 0.408. The van der Waals surface area contributed by atoms with Gasteiger partial charge in [0.1, 0.15) is 5.75 Å². The van der Waals surface area contributed by atoms with E-state index in [9.17, 15) is 26.7 Å². The summed E-state index contributed by atoms with van der Waals surface area (Å²) in [7, 11) is -4.25. The highest BCUT2D eigenvalue weighted by atomic mass is 35.5. The molecule has 0 heterocycles. The first-order chi connectivity index (χ1) is 12.8. The fraction of sp³-hybridized carbons (Fsp3) is 0.0625. The van der Waals surface area contributed by atoms with Crippen molar-refractivity contribution in [3.63, 3.8) is 0 Å². The molecule has 0 saturated carbocycles. The minimum atomic E-state index is -4.77. The van der Waals surface area contributed by atoms with Crippen molar-refractivity contribution in [3.05, 3.63) is 69.0 Å². The summed E-state index contributed by atoms with van der Waals surface area (Å²) in [6.07, 6.45) is -3.74. The van der Waals surface area contributed by atoms with E-state index in [1.54, 1.807) is 0 Å². The Morgan fingerprint density at radius 2 is 1.71 bits per heavy atom. The molecule has 6 nitrogen and oxygen atoms in total. The summed E-state index contributed by atoms with van der Waals surface area (Å²) in [5.41, 5.74) is 0.480. The predicted octanol–water partition coefficient (Wildman–Crippen LogP) is 4.12. The summed E-state index contributed by atoms with van der Waals surface area (Å²) in [5, 5.41) is 18.5. The number of rotatable bonds is 4. The first-order valence-electron chi connectivity index (χ1n) is 6.99. The number of hydrogen-bond donors (Lipinski definition) is 2. The van der Waals surface area contributed by atoms with Crippen LogP contribution in [0.1, 0.15) is 11.1 Å². The summed E-state index contributed by atoms with van der Waals surface area (Å²) in [6.45, 7) is 0. The van der Waals surface area contributed by atoms with Crippen LogP contribution in [0.15, 0.2) is 47.9 Å². The Hall–Kier alpha value is -2.27. The molecule has 0 aliphatic rings. The second-order valence-electron chi connectivity index (χ2n) is 4.89. The Morgan fingerprint density at radius 3 is 2.14 bits per heavy atom. The number of nitrogens with one attached hydrogen (secondary N) is 1. The van der Waals surface area contributed by atoms with Gasteiger partial charge in [-0.2, -0.15) is 8.42 Å². The molecule has 0 amide bonds. The number of ether oxygens (including phenoxy) is 1. The van der Waals surface area contributed by atoms with Crippen LogP contribution in [0, 0.1) is 5.41 Å². The SMILES string of the molecule is N=C([O-])c1ccc(Cl)cc1Cl.O=S(=O)(O)/C=C/c1ccc(OC(F)(F)F)cc1. The summed E-state index contributed by atoms with van der Waals surface area (Å²) >= 11 is 11.2. The van der Waals surface area contributed by atoms with E-state index >= 15 is 0 Å². The highest BCUT2D eigenvalue weighted by Gasteiger charge is 2.30. The van der Waals surface area contributed by atoms with E-state index in [0.717, 1.165) is 18.2 Å². The molecule has 2 aromatic carbocycles. The molecule has 0 bridgehead atoms. The molecule has 0 aliphatic carbocycles. The van der Waals surface area contributed by atoms with E-state index < -0.39 is 28.1 Å². The molecule has 0 fully saturated rings. The third kappa shape index (κ3) is 9.60. The fourth-order valence-corrected chi connectivity index (χ4v) is 2.44. The van der Waals surface area contributed by atoms with Gasteiger partial charge < -0.3 is 15.3 Å². The van der Waals surface area contributed by atoms with Gasteiger partial charge in [0.2, 0.25) is 0 Å². The van der Waals surface area contributed by atoms with Crippen LogP contribution in [0.3, 0.4) is 0 Å². The van der Waals surface area contributed by atoms with Crippen LogP contribution in [0.25, 0.3) is 6.08 Å². The molecule has 152 valence electrons. The average Bonchev–Trinajstić information content (AvgIpc) is 2.52. The van der Waals surface area contributed by atoms with Gasteiger partial charge in [0.05, 0.1) is 10.4 Å². The van der Waals surface area contributed by atoms with Crippen molar-refractivity contribution in [2.24, 2.45) is 0 Å². The molecule has 2 aromatic rings. The van der Waals surface area contributed by atoms with E-state index in [0.29, 0.717) is 16.0 Å². The molecular formula is C16H11Cl2F3NO5S-. The van der Waals surface area contributed by atoms with Gasteiger partial charge in [-0.3, -0.25) is 4.55 Å². The molecule has 0 saturated heterocycles. The van der Waals surface area contributed by atoms with Gasteiger partial charge in [-0.15, -0.1) is 13.2 Å². The van der Waals surface area contributed by atoms with Crippen molar-refractivity contribution in [3.8, 4) is 5.75 Å². The lowest BCUT2D eigenvalue weighted by Gasteiger charge is -2.08. The number of alkyl halides is 3. The van der Waals surface area contributed by atoms with Gasteiger partial charge >= 0.3 is 6.36 Å². The zero-order valence-electron chi connectivity index (χ0n) is 13.6. The fourth-order valence-electron chi connectivity index (χ4n) is 1.62. The second-order valence-corrected chi connectivity index (χ2v) is 7.03. The third-order valence-electron chi connectivity index (χ3n) is 2.72. The lowest BCUT2D eigenvalue weighted by Crippen LogP contribution is -2.17. The van der Waals surface area contributed by atoms with Crippen LogP contribution in [0.2, 0.25) is 10.0 Å². The Balaban J connectivity index is 0.000000307. The van der Waals surface area contributed by atoms with Crippen LogP contribution in [0.5, 0.6) is 5.75 Å². The standard InChI is InChI=1S/C9H7F3O4S.C7H5Cl2NO/c10-9(11,12)16-8-3-1-7(2-4-8)5-6-17(13,14)15;8-4-1-2-5(7(10)11)6(9)3-4/h1-6H,(H,13,14,15);1-3H,(H2,10,11)/p-1/b6-5+;. The number of benzene rings is 2. The lowest BCUT2D eigenvalue weighted by atomic mass is 10.2. The van der Waals surface area contributed by atoms with E-state index in [4.69, 9.17) is 33.2 Å². The zero-order chi connectivity index (χ0) is 21.5. The third-order valence-corrected chi connectivity index (χ3v) is 3.75. The average molecular weight is 457 g/mol. The Kier molecular flexibility index (Phi) is 8.30. The summed E-state index contributed by atoms with van der Waals surface area (Å²) in [5.74, 6) is -1.21. The normalized spacial score (nSPS) is 11.6. The van der Waals surface area contributed by atoms with Gasteiger partial charge in [0.15, 0.2) is 0 Å². The monoisotopic (exact) mass is 456 g/mol. The van der Waals surface area contributed by atoms with Gasteiger partial charge in [-0.1, -0.05) is 41.4 Å². The molecule has 0 spiro atoms. The minimum Gasteiger partial charge on any atom is -0.859 e. The molecule has 2 rings (SSSR count). The van der Waals surface area contributed by atoms with E-state index in [-0.39, 0.29) is 10.6 Å². The Labute approximate surface area is 168 Å². The van der Waals surface area contributed by atoms with Crippen molar-refractivity contribution in [1.29, 1.82) is 5.41 Å². The van der Waals surface area contributed by atoms with Crippen LogP contribution in [-0.4, -0.2) is 25.2 Å². The van der Waals surface area contributed by atoms with Gasteiger partial charge in [-0.05, 0) is 41.8 Å². The summed E-state index contributed by atoms with van der Waals surface area (Å²) in [4.78, 5) is 0. The first-order valence-corrected chi connectivity index (χ1v) is 9.25. The Bertz CT molecular complexity index is 961. The predicted molar refractivity (Wildman–Crippen MR) is 97.0 cm³/mol. The summed E-state index contributed by atoms with van der Waals surface area (Å²) in [6, 6.07) is 8.86. The summed E-state index contributed by atoms with van der Waals surface area (Å²) < 4.78 is 68.1. The lowest BCUT2D eigenvalue weighted by molar-refractivity contribution is -0.274. The topological polar surface area (TPSA) is 111 Å². The first kappa shape index (κ1) is 23.8. The molecule has 0 aromatic heterocycles. The van der Waals surface area contributed by atoms with Crippen LogP contribution in [0.4, 0.5) is 13.2 Å². The minimum absolute atomic E-state index is 0.177. The van der Waals surface area contributed by atoms with E-state index in [1.165, 1.54) is 30.3 Å². The second kappa shape index (κ2) is 9.78. The number of hydrogen-bond acceptors (Lipinski definition) is 5. The van der Waals surface area contributed by atoms with Crippen molar-refractivity contribution in [2.75, 3.05) is 0 Å². The molecule has 12 heteroatoms. The molecule has 0 unspecified atom stereocenters. The Morgan fingerprint density at radius 1 is 1.14 bits per heavy atom. The van der Waals surface area contributed by atoms with Crippen LogP contribution in [-0.2, 0) is 10.1 Å². The zero-order valence-corrected chi connectivity index (χ0v) is 15.9. The maximum Gasteiger partial charge on any atom is 0.573 e. The van der Waals surface area contributed by atoms with E-state index in [2.05, 4.69) is 4.74 Å². The largest absolute Gasteiger partial charge is 0.859 e. The molecule has 2 N–H and O–H groups in total. The van der Waals surface area contributed by atoms with Crippen molar-refractivity contribution >= 4 is 45.3 Å². The molecule has 0 radical (unpaired) electrons.